The van der Waals surface area contributed by atoms with E-state index in [1.54, 1.807) is 6.33 Å². The SMILES string of the molecule is c1nc(N2CCC(C3CCOCC3)C2)c2cc[nH]c2n1. The number of fused-ring (bicyclic) bond motifs is 1. The van der Waals surface area contributed by atoms with Crippen LogP contribution in [0.25, 0.3) is 11.0 Å². The molecule has 2 aliphatic rings. The average Bonchev–Trinajstić information content (AvgIpc) is 3.17. The minimum atomic E-state index is 0.794. The Hall–Kier alpha value is -1.62. The highest BCUT2D eigenvalue weighted by Crippen LogP contribution is 2.34. The summed E-state index contributed by atoms with van der Waals surface area (Å²) in [4.78, 5) is 14.4. The van der Waals surface area contributed by atoms with Gasteiger partial charge in [-0.25, -0.2) is 9.97 Å². The summed E-state index contributed by atoms with van der Waals surface area (Å²) in [6, 6.07) is 2.08. The maximum atomic E-state index is 5.48. The van der Waals surface area contributed by atoms with E-state index >= 15 is 0 Å². The second kappa shape index (κ2) is 5.05. The first-order valence-electron chi connectivity index (χ1n) is 7.52. The van der Waals surface area contributed by atoms with Crippen LogP contribution in [0.5, 0.6) is 0 Å². The Kier molecular flexibility index (Phi) is 3.07. The average molecular weight is 272 g/mol. The quantitative estimate of drug-likeness (QED) is 0.910. The molecule has 1 N–H and O–H groups in total. The molecular weight excluding hydrogens is 252 g/mol. The van der Waals surface area contributed by atoms with Crippen LogP contribution in [0, 0.1) is 11.8 Å². The molecule has 0 spiro atoms. The number of hydrogen-bond donors (Lipinski definition) is 1. The van der Waals surface area contributed by atoms with Crippen LogP contribution in [0.4, 0.5) is 5.82 Å². The molecule has 2 fully saturated rings. The summed E-state index contributed by atoms with van der Waals surface area (Å²) in [5, 5.41) is 1.14. The molecule has 106 valence electrons. The third kappa shape index (κ3) is 2.06. The van der Waals surface area contributed by atoms with Crippen molar-refractivity contribution in [2.45, 2.75) is 19.3 Å². The van der Waals surface area contributed by atoms with Gasteiger partial charge in [0.05, 0.1) is 5.39 Å². The van der Waals surface area contributed by atoms with Crippen LogP contribution in [-0.2, 0) is 4.74 Å². The number of aromatic amines is 1. The maximum absolute atomic E-state index is 5.48. The molecule has 5 nitrogen and oxygen atoms in total. The van der Waals surface area contributed by atoms with Crippen molar-refractivity contribution in [3.8, 4) is 0 Å². The Bertz CT molecular complexity index is 590. The summed E-state index contributed by atoms with van der Waals surface area (Å²) in [6.07, 6.45) is 7.33. The van der Waals surface area contributed by atoms with Crippen LogP contribution in [0.2, 0.25) is 0 Å². The summed E-state index contributed by atoms with van der Waals surface area (Å²) in [5.41, 5.74) is 0.935. The Balaban J connectivity index is 1.54. The molecule has 2 aromatic heterocycles. The highest BCUT2D eigenvalue weighted by Gasteiger charge is 2.31. The van der Waals surface area contributed by atoms with Gasteiger partial charge in [0.25, 0.3) is 0 Å². The monoisotopic (exact) mass is 272 g/mol. The number of rotatable bonds is 2. The Morgan fingerprint density at radius 1 is 1.15 bits per heavy atom. The number of hydrogen-bond acceptors (Lipinski definition) is 4. The fraction of sp³-hybridized carbons (Fsp3) is 0.600. The van der Waals surface area contributed by atoms with E-state index in [9.17, 15) is 0 Å². The minimum absolute atomic E-state index is 0.794. The topological polar surface area (TPSA) is 54.0 Å². The number of ether oxygens (including phenoxy) is 1. The van der Waals surface area contributed by atoms with E-state index in [4.69, 9.17) is 4.74 Å². The first-order chi connectivity index (χ1) is 9.92. The molecule has 0 saturated carbocycles. The van der Waals surface area contributed by atoms with Gasteiger partial charge in [0.1, 0.15) is 17.8 Å². The fourth-order valence-corrected chi connectivity index (χ4v) is 3.66. The minimum Gasteiger partial charge on any atom is -0.381 e. The van der Waals surface area contributed by atoms with Crippen LogP contribution >= 0.6 is 0 Å². The molecule has 0 radical (unpaired) electrons. The van der Waals surface area contributed by atoms with Gasteiger partial charge in [-0.15, -0.1) is 0 Å². The van der Waals surface area contributed by atoms with Crippen molar-refractivity contribution in [2.24, 2.45) is 11.8 Å². The molecule has 1 atom stereocenters. The highest BCUT2D eigenvalue weighted by molar-refractivity contribution is 5.87. The van der Waals surface area contributed by atoms with Gasteiger partial charge in [-0.2, -0.15) is 0 Å². The van der Waals surface area contributed by atoms with Gasteiger partial charge < -0.3 is 14.6 Å². The molecule has 0 bridgehead atoms. The molecule has 2 saturated heterocycles. The van der Waals surface area contributed by atoms with Crippen LogP contribution in [-0.4, -0.2) is 41.3 Å². The lowest BCUT2D eigenvalue weighted by Crippen LogP contribution is -2.27. The third-order valence-electron chi connectivity index (χ3n) is 4.79. The summed E-state index contributed by atoms with van der Waals surface area (Å²) in [5.74, 6) is 2.71. The molecule has 2 aliphatic heterocycles. The van der Waals surface area contributed by atoms with Gasteiger partial charge in [-0.3, -0.25) is 0 Å². The van der Waals surface area contributed by atoms with Crippen molar-refractivity contribution in [2.75, 3.05) is 31.2 Å². The van der Waals surface area contributed by atoms with E-state index < -0.39 is 0 Å². The summed E-state index contributed by atoms with van der Waals surface area (Å²) < 4.78 is 5.48. The van der Waals surface area contributed by atoms with Gasteiger partial charge >= 0.3 is 0 Å². The predicted molar refractivity (Wildman–Crippen MR) is 77.8 cm³/mol. The maximum Gasteiger partial charge on any atom is 0.142 e. The van der Waals surface area contributed by atoms with E-state index in [1.165, 1.54) is 19.3 Å². The van der Waals surface area contributed by atoms with Crippen molar-refractivity contribution in [1.82, 2.24) is 15.0 Å². The molecule has 0 aliphatic carbocycles. The van der Waals surface area contributed by atoms with Crippen LogP contribution in [0.15, 0.2) is 18.6 Å². The van der Waals surface area contributed by atoms with Gasteiger partial charge in [0, 0.05) is 32.5 Å². The standard InChI is InChI=1S/C15H20N4O/c1-5-16-14-13(1)15(18-10-17-14)19-6-2-12(9-19)11-3-7-20-8-4-11/h1,5,10-12H,2-4,6-9H2,(H,16,17,18). The van der Waals surface area contributed by atoms with Crippen molar-refractivity contribution < 1.29 is 4.74 Å². The zero-order valence-electron chi connectivity index (χ0n) is 11.6. The van der Waals surface area contributed by atoms with Crippen molar-refractivity contribution in [3.63, 3.8) is 0 Å². The Labute approximate surface area is 118 Å². The lowest BCUT2D eigenvalue weighted by atomic mass is 9.85. The Morgan fingerprint density at radius 2 is 2.05 bits per heavy atom. The number of anilines is 1. The van der Waals surface area contributed by atoms with Crippen LogP contribution in [0.1, 0.15) is 19.3 Å². The van der Waals surface area contributed by atoms with Crippen molar-refractivity contribution in [1.29, 1.82) is 0 Å². The van der Waals surface area contributed by atoms with Crippen molar-refractivity contribution >= 4 is 16.9 Å². The Morgan fingerprint density at radius 3 is 2.95 bits per heavy atom. The summed E-state index contributed by atoms with van der Waals surface area (Å²) in [7, 11) is 0. The number of nitrogens with one attached hydrogen (secondary N) is 1. The van der Waals surface area contributed by atoms with Gasteiger partial charge in [-0.05, 0) is 37.2 Å². The smallest absolute Gasteiger partial charge is 0.142 e. The first kappa shape index (κ1) is 12.1. The van der Waals surface area contributed by atoms with Gasteiger partial charge in [-0.1, -0.05) is 0 Å². The number of aromatic nitrogens is 3. The molecule has 2 aromatic rings. The lowest BCUT2D eigenvalue weighted by Gasteiger charge is -2.27. The number of nitrogens with zero attached hydrogens (tertiary/aromatic N) is 3. The molecule has 5 heteroatoms. The molecule has 4 heterocycles. The second-order valence-corrected chi connectivity index (χ2v) is 5.88. The van der Waals surface area contributed by atoms with E-state index in [1.807, 2.05) is 6.20 Å². The van der Waals surface area contributed by atoms with E-state index in [-0.39, 0.29) is 0 Å². The molecule has 0 amide bonds. The molecule has 1 unspecified atom stereocenters. The summed E-state index contributed by atoms with van der Waals surface area (Å²) in [6.45, 7) is 4.12. The van der Waals surface area contributed by atoms with Crippen LogP contribution in [0.3, 0.4) is 0 Å². The molecule has 0 aromatic carbocycles. The largest absolute Gasteiger partial charge is 0.381 e. The zero-order valence-corrected chi connectivity index (χ0v) is 11.6. The molecule has 20 heavy (non-hydrogen) atoms. The van der Waals surface area contributed by atoms with Gasteiger partial charge in [0.2, 0.25) is 0 Å². The lowest BCUT2D eigenvalue weighted by molar-refractivity contribution is 0.0500. The van der Waals surface area contributed by atoms with Gasteiger partial charge in [0.15, 0.2) is 0 Å². The highest BCUT2D eigenvalue weighted by atomic mass is 16.5. The third-order valence-corrected chi connectivity index (χ3v) is 4.79. The van der Waals surface area contributed by atoms with E-state index in [0.717, 1.165) is 55.0 Å². The molecule has 4 rings (SSSR count). The van der Waals surface area contributed by atoms with E-state index in [0.29, 0.717) is 0 Å². The number of H-pyrrole nitrogens is 1. The first-order valence-corrected chi connectivity index (χ1v) is 7.52. The molecular formula is C15H20N4O. The normalized spacial score (nSPS) is 24.6. The fourth-order valence-electron chi connectivity index (χ4n) is 3.66. The van der Waals surface area contributed by atoms with Crippen molar-refractivity contribution in [3.05, 3.63) is 18.6 Å². The predicted octanol–water partition coefficient (Wildman–Crippen LogP) is 2.21. The summed E-state index contributed by atoms with van der Waals surface area (Å²) >= 11 is 0. The zero-order chi connectivity index (χ0) is 13.4. The van der Waals surface area contributed by atoms with Crippen LogP contribution < -0.4 is 4.90 Å². The van der Waals surface area contributed by atoms with E-state index in [2.05, 4.69) is 25.9 Å². The second-order valence-electron chi connectivity index (χ2n) is 5.88.